The molecule has 0 saturated carbocycles. The molecule has 88 valence electrons. The number of carbonyl (C=O) groups is 1. The molecule has 1 aromatic heterocycles. The Kier molecular flexibility index (Phi) is 3.27. The first kappa shape index (κ1) is 12.6. The number of hydrogen-bond donors (Lipinski definition) is 1. The van der Waals surface area contributed by atoms with Crippen molar-refractivity contribution in [3.05, 3.63) is 22.5 Å². The zero-order valence-corrected chi connectivity index (χ0v) is 8.67. The lowest BCUT2D eigenvalue weighted by molar-refractivity contribution is -0.141. The van der Waals surface area contributed by atoms with Gasteiger partial charge in [-0.15, -0.1) is 0 Å². The van der Waals surface area contributed by atoms with Gasteiger partial charge in [-0.25, -0.2) is 9.48 Å². The highest BCUT2D eigenvalue weighted by Crippen LogP contribution is 2.35. The van der Waals surface area contributed by atoms with E-state index in [9.17, 15) is 18.0 Å². The molecular formula is C8H6ClF3N2O2. The number of rotatable bonds is 2. The molecule has 1 N–H and O–H groups in total. The molecular weight excluding hydrogens is 249 g/mol. The number of hydrogen-bond acceptors (Lipinski definition) is 2. The van der Waals surface area contributed by atoms with Crippen molar-refractivity contribution in [2.75, 3.05) is 0 Å². The summed E-state index contributed by atoms with van der Waals surface area (Å²) >= 11 is 5.43. The minimum atomic E-state index is -4.66. The minimum absolute atomic E-state index is 0.0199. The Hall–Kier alpha value is -1.50. The maximum Gasteiger partial charge on any atom is 0.436 e. The highest BCUT2D eigenvalue weighted by atomic mass is 35.5. The third kappa shape index (κ3) is 2.54. The van der Waals surface area contributed by atoms with Crippen LogP contribution in [0.1, 0.15) is 11.4 Å². The molecule has 0 saturated heterocycles. The molecule has 0 aliphatic rings. The second-order valence-electron chi connectivity index (χ2n) is 2.84. The summed E-state index contributed by atoms with van der Waals surface area (Å²) in [4.78, 5) is 10.2. The molecule has 0 bridgehead atoms. The van der Waals surface area contributed by atoms with E-state index >= 15 is 0 Å². The Labute approximate surface area is 92.9 Å². The Bertz CT molecular complexity index is 451. The van der Waals surface area contributed by atoms with Crippen LogP contribution in [-0.2, 0) is 11.0 Å². The fourth-order valence-electron chi connectivity index (χ4n) is 0.959. The molecule has 0 amide bonds. The maximum atomic E-state index is 12.3. The van der Waals surface area contributed by atoms with Crippen molar-refractivity contribution in [3.8, 4) is 0 Å². The second-order valence-corrected chi connectivity index (χ2v) is 3.22. The van der Waals surface area contributed by atoms with Crippen LogP contribution in [-0.4, -0.2) is 20.9 Å². The van der Waals surface area contributed by atoms with Crippen molar-refractivity contribution >= 4 is 23.8 Å². The van der Waals surface area contributed by atoms with E-state index in [4.69, 9.17) is 16.7 Å². The van der Waals surface area contributed by atoms with Crippen LogP contribution in [0.2, 0.25) is 5.02 Å². The van der Waals surface area contributed by atoms with Crippen LogP contribution in [0, 0.1) is 6.92 Å². The van der Waals surface area contributed by atoms with E-state index in [-0.39, 0.29) is 5.69 Å². The summed E-state index contributed by atoms with van der Waals surface area (Å²) in [6.07, 6.45) is -3.11. The Morgan fingerprint density at radius 2 is 2.12 bits per heavy atom. The van der Waals surface area contributed by atoms with E-state index in [0.717, 1.165) is 10.9 Å². The van der Waals surface area contributed by atoms with Crippen LogP contribution in [0.5, 0.6) is 0 Å². The van der Waals surface area contributed by atoms with Crippen LogP contribution >= 0.6 is 11.6 Å². The van der Waals surface area contributed by atoms with Crippen LogP contribution in [0.3, 0.4) is 0 Å². The van der Waals surface area contributed by atoms with Gasteiger partial charge in [0.25, 0.3) is 0 Å². The van der Waals surface area contributed by atoms with Crippen LogP contribution in [0.15, 0.2) is 6.08 Å². The zero-order valence-electron chi connectivity index (χ0n) is 7.92. The van der Waals surface area contributed by atoms with Gasteiger partial charge in [-0.2, -0.15) is 18.3 Å². The summed E-state index contributed by atoms with van der Waals surface area (Å²) in [6.45, 7) is 1.30. The maximum absolute atomic E-state index is 12.3. The smallest absolute Gasteiger partial charge is 0.436 e. The van der Waals surface area contributed by atoms with Gasteiger partial charge in [-0.1, -0.05) is 11.6 Å². The molecule has 1 aromatic rings. The number of carboxylic acids is 1. The summed E-state index contributed by atoms with van der Waals surface area (Å²) in [6, 6.07) is 0. The molecule has 0 aliphatic heterocycles. The van der Waals surface area contributed by atoms with Gasteiger partial charge >= 0.3 is 12.1 Å². The molecule has 1 heterocycles. The van der Waals surface area contributed by atoms with Crippen molar-refractivity contribution in [2.24, 2.45) is 0 Å². The summed E-state index contributed by atoms with van der Waals surface area (Å²) in [5, 5.41) is 10.9. The number of halogens is 4. The number of nitrogens with zero attached hydrogens (tertiary/aromatic N) is 2. The van der Waals surface area contributed by atoms with E-state index in [0.29, 0.717) is 6.08 Å². The molecule has 0 spiro atoms. The fourth-order valence-corrected chi connectivity index (χ4v) is 1.19. The summed E-state index contributed by atoms with van der Waals surface area (Å²) < 4.78 is 37.8. The lowest BCUT2D eigenvalue weighted by Crippen LogP contribution is -2.07. The Morgan fingerprint density at radius 1 is 1.56 bits per heavy atom. The number of aromatic nitrogens is 2. The first-order valence-electron chi connectivity index (χ1n) is 3.96. The molecule has 16 heavy (non-hydrogen) atoms. The molecule has 0 unspecified atom stereocenters. The molecule has 0 atom stereocenters. The monoisotopic (exact) mass is 254 g/mol. The molecule has 4 nitrogen and oxygen atoms in total. The first-order chi connectivity index (χ1) is 7.23. The van der Waals surface area contributed by atoms with Crippen molar-refractivity contribution in [2.45, 2.75) is 13.1 Å². The average Bonchev–Trinajstić information content (AvgIpc) is 2.40. The highest BCUT2D eigenvalue weighted by Gasteiger charge is 2.37. The average molecular weight is 255 g/mol. The van der Waals surface area contributed by atoms with Crippen LogP contribution < -0.4 is 0 Å². The largest absolute Gasteiger partial charge is 0.478 e. The minimum Gasteiger partial charge on any atom is -0.478 e. The van der Waals surface area contributed by atoms with Gasteiger partial charge in [0, 0.05) is 12.3 Å². The SMILES string of the molecule is Cc1c(Cl)c(C(F)(F)F)nn1C=CC(=O)O. The number of carboxylic acid groups (broad SMARTS) is 1. The Balaban J connectivity index is 3.20. The highest BCUT2D eigenvalue weighted by molar-refractivity contribution is 6.32. The third-order valence-corrected chi connectivity index (χ3v) is 2.16. The van der Waals surface area contributed by atoms with Gasteiger partial charge in [-0.05, 0) is 6.92 Å². The van der Waals surface area contributed by atoms with E-state index in [1.54, 1.807) is 0 Å². The molecule has 0 radical (unpaired) electrons. The summed E-state index contributed by atoms with van der Waals surface area (Å²) in [5.41, 5.74) is -1.21. The predicted molar refractivity (Wildman–Crippen MR) is 49.9 cm³/mol. The quantitative estimate of drug-likeness (QED) is 0.825. The van der Waals surface area contributed by atoms with Gasteiger partial charge in [0.15, 0.2) is 5.69 Å². The van der Waals surface area contributed by atoms with E-state index in [1.165, 1.54) is 6.92 Å². The topological polar surface area (TPSA) is 55.1 Å². The molecule has 0 aliphatic carbocycles. The molecule has 1 rings (SSSR count). The van der Waals surface area contributed by atoms with Crippen molar-refractivity contribution in [1.82, 2.24) is 9.78 Å². The molecule has 0 fully saturated rings. The molecule has 8 heteroatoms. The lowest BCUT2D eigenvalue weighted by Gasteiger charge is -2.00. The molecule has 0 aromatic carbocycles. The van der Waals surface area contributed by atoms with Crippen molar-refractivity contribution in [3.63, 3.8) is 0 Å². The van der Waals surface area contributed by atoms with Gasteiger partial charge in [0.2, 0.25) is 0 Å². The summed E-state index contributed by atoms with van der Waals surface area (Å²) in [7, 11) is 0. The van der Waals surface area contributed by atoms with Crippen LogP contribution in [0.25, 0.3) is 6.20 Å². The third-order valence-electron chi connectivity index (χ3n) is 1.70. The zero-order chi connectivity index (χ0) is 12.5. The van der Waals surface area contributed by atoms with E-state index in [2.05, 4.69) is 5.10 Å². The normalized spacial score (nSPS) is 12.3. The first-order valence-corrected chi connectivity index (χ1v) is 4.34. The lowest BCUT2D eigenvalue weighted by atomic mass is 10.3. The van der Waals surface area contributed by atoms with Crippen molar-refractivity contribution < 1.29 is 23.1 Å². The number of alkyl halides is 3. The van der Waals surface area contributed by atoms with E-state index in [1.807, 2.05) is 0 Å². The van der Waals surface area contributed by atoms with Crippen LogP contribution in [0.4, 0.5) is 13.2 Å². The fraction of sp³-hybridized carbons (Fsp3) is 0.250. The van der Waals surface area contributed by atoms with Gasteiger partial charge in [0.1, 0.15) is 0 Å². The van der Waals surface area contributed by atoms with Gasteiger partial charge in [0.05, 0.1) is 10.7 Å². The standard InChI is InChI=1S/C8H6ClF3N2O2/c1-4-6(9)7(8(10,11)12)13-14(4)3-2-5(15)16/h2-3H,1H3,(H,15,16). The Morgan fingerprint density at radius 3 is 2.50 bits per heavy atom. The van der Waals surface area contributed by atoms with E-state index < -0.39 is 22.9 Å². The van der Waals surface area contributed by atoms with Crippen molar-refractivity contribution in [1.29, 1.82) is 0 Å². The van der Waals surface area contributed by atoms with Gasteiger partial charge in [-0.3, -0.25) is 0 Å². The number of aliphatic carboxylic acids is 1. The van der Waals surface area contributed by atoms with Gasteiger partial charge < -0.3 is 5.11 Å². The summed E-state index contributed by atoms with van der Waals surface area (Å²) in [5.74, 6) is -1.29. The second kappa shape index (κ2) is 4.17. The predicted octanol–water partition coefficient (Wildman–Crippen LogP) is 2.42.